The van der Waals surface area contributed by atoms with E-state index >= 15 is 0 Å². The summed E-state index contributed by atoms with van der Waals surface area (Å²) in [6, 6.07) is 0.147. The average molecular weight is 252 g/mol. The first kappa shape index (κ1) is 14.3. The second-order valence-electron chi connectivity index (χ2n) is 4.90. The van der Waals surface area contributed by atoms with Gasteiger partial charge in [0.2, 0.25) is 5.91 Å². The van der Waals surface area contributed by atoms with E-state index < -0.39 is 0 Å². The lowest BCUT2D eigenvalue weighted by Gasteiger charge is -2.14. The van der Waals surface area contributed by atoms with Gasteiger partial charge in [0.25, 0.3) is 0 Å². The zero-order valence-electron chi connectivity index (χ0n) is 11.1. The first-order valence-electron chi connectivity index (χ1n) is 6.16. The van der Waals surface area contributed by atoms with Crippen molar-refractivity contribution in [3.8, 4) is 0 Å². The van der Waals surface area contributed by atoms with Crippen LogP contribution in [0.3, 0.4) is 0 Å². The van der Waals surface area contributed by atoms with E-state index in [0.717, 1.165) is 12.8 Å². The summed E-state index contributed by atoms with van der Waals surface area (Å²) in [5, 5.41) is 10.2. The van der Waals surface area contributed by atoms with E-state index in [-0.39, 0.29) is 24.2 Å². The van der Waals surface area contributed by atoms with Gasteiger partial charge in [-0.3, -0.25) is 9.59 Å². The molecule has 0 aromatic carbocycles. The Bertz CT molecular complexity index is 401. The molecule has 0 aliphatic heterocycles. The molecule has 1 N–H and O–H groups in total. The van der Waals surface area contributed by atoms with Gasteiger partial charge in [0.1, 0.15) is 12.2 Å². The van der Waals surface area contributed by atoms with Gasteiger partial charge in [0.15, 0.2) is 6.29 Å². The third-order valence-electron chi connectivity index (χ3n) is 2.57. The average Bonchev–Trinajstić information content (AvgIpc) is 2.73. The molecule has 0 radical (unpaired) electrons. The number of hydrogen-bond donors (Lipinski definition) is 1. The van der Waals surface area contributed by atoms with Gasteiger partial charge in [-0.05, 0) is 25.7 Å². The highest BCUT2D eigenvalue weighted by molar-refractivity contribution is 5.76. The first-order chi connectivity index (χ1) is 8.51. The Kier molecular flexibility index (Phi) is 5.48. The number of amides is 1. The van der Waals surface area contributed by atoms with E-state index in [4.69, 9.17) is 0 Å². The molecule has 0 saturated heterocycles. The van der Waals surface area contributed by atoms with Crippen LogP contribution >= 0.6 is 0 Å². The highest BCUT2D eigenvalue weighted by atomic mass is 16.2. The maximum absolute atomic E-state index is 11.7. The second kappa shape index (κ2) is 6.88. The van der Waals surface area contributed by atoms with E-state index in [2.05, 4.69) is 29.5 Å². The fourth-order valence-electron chi connectivity index (χ4n) is 1.57. The van der Waals surface area contributed by atoms with Gasteiger partial charge >= 0.3 is 0 Å². The van der Waals surface area contributed by atoms with Gasteiger partial charge in [-0.1, -0.05) is 19.1 Å². The molecule has 1 rings (SSSR count). The zero-order valence-corrected chi connectivity index (χ0v) is 11.1. The minimum absolute atomic E-state index is 0.0901. The molecule has 1 aromatic heterocycles. The molecule has 0 saturated carbocycles. The van der Waals surface area contributed by atoms with Crippen molar-refractivity contribution in [2.24, 2.45) is 5.92 Å². The number of nitrogens with one attached hydrogen (secondary N) is 1. The SMILES string of the molecule is CC(C)CCC(C)NC(=O)Cn1cc(C=O)nn1. The predicted octanol–water partition coefficient (Wildman–Crippen LogP) is 1.03. The topological polar surface area (TPSA) is 76.9 Å². The van der Waals surface area contributed by atoms with Gasteiger partial charge in [-0.25, -0.2) is 4.68 Å². The van der Waals surface area contributed by atoms with Crippen molar-refractivity contribution in [2.75, 3.05) is 0 Å². The van der Waals surface area contributed by atoms with Crippen LogP contribution in [0.4, 0.5) is 0 Å². The highest BCUT2D eigenvalue weighted by Gasteiger charge is 2.09. The summed E-state index contributed by atoms with van der Waals surface area (Å²) >= 11 is 0. The van der Waals surface area contributed by atoms with E-state index in [0.29, 0.717) is 12.2 Å². The fourth-order valence-corrected chi connectivity index (χ4v) is 1.57. The van der Waals surface area contributed by atoms with Crippen molar-refractivity contribution in [2.45, 2.75) is 46.2 Å². The Morgan fingerprint density at radius 2 is 2.17 bits per heavy atom. The minimum Gasteiger partial charge on any atom is -0.352 e. The van der Waals surface area contributed by atoms with E-state index in [9.17, 15) is 9.59 Å². The molecule has 1 heterocycles. The molecule has 0 fully saturated rings. The molecule has 1 amide bonds. The Morgan fingerprint density at radius 3 is 2.72 bits per heavy atom. The smallest absolute Gasteiger partial charge is 0.242 e. The number of aldehydes is 1. The number of carbonyl (C=O) groups is 2. The largest absolute Gasteiger partial charge is 0.352 e. The lowest BCUT2D eigenvalue weighted by molar-refractivity contribution is -0.122. The van der Waals surface area contributed by atoms with Gasteiger partial charge in [0, 0.05) is 6.04 Å². The first-order valence-corrected chi connectivity index (χ1v) is 6.16. The van der Waals surface area contributed by atoms with Crippen LogP contribution in [-0.2, 0) is 11.3 Å². The van der Waals surface area contributed by atoms with Crippen molar-refractivity contribution < 1.29 is 9.59 Å². The van der Waals surface area contributed by atoms with Crippen LogP contribution in [0.15, 0.2) is 6.20 Å². The third-order valence-corrected chi connectivity index (χ3v) is 2.57. The molecule has 0 aliphatic rings. The molecule has 6 heteroatoms. The minimum atomic E-state index is -0.117. The molecule has 1 unspecified atom stereocenters. The number of nitrogens with zero attached hydrogens (tertiary/aromatic N) is 3. The lowest BCUT2D eigenvalue weighted by Crippen LogP contribution is -2.35. The zero-order chi connectivity index (χ0) is 13.5. The number of rotatable bonds is 7. The summed E-state index contributed by atoms with van der Waals surface area (Å²) in [6.07, 6.45) is 4.10. The summed E-state index contributed by atoms with van der Waals surface area (Å²) in [5.74, 6) is 0.517. The number of carbonyl (C=O) groups excluding carboxylic acids is 2. The number of aromatic nitrogens is 3. The van der Waals surface area contributed by atoms with Gasteiger partial charge in [0.05, 0.1) is 6.20 Å². The Morgan fingerprint density at radius 1 is 1.44 bits per heavy atom. The fraction of sp³-hybridized carbons (Fsp3) is 0.667. The van der Waals surface area contributed by atoms with Crippen molar-refractivity contribution in [1.82, 2.24) is 20.3 Å². The Balaban J connectivity index is 2.34. The standard InChI is InChI=1S/C12H20N4O2/c1-9(2)4-5-10(3)13-12(18)7-16-6-11(8-17)14-15-16/h6,8-10H,4-5,7H2,1-3H3,(H,13,18). The summed E-state index contributed by atoms with van der Waals surface area (Å²) < 4.78 is 1.36. The van der Waals surface area contributed by atoms with Crippen LogP contribution < -0.4 is 5.32 Å². The van der Waals surface area contributed by atoms with Crippen LogP contribution in [0, 0.1) is 5.92 Å². The molecular weight excluding hydrogens is 232 g/mol. The predicted molar refractivity (Wildman–Crippen MR) is 67.1 cm³/mol. The van der Waals surface area contributed by atoms with Crippen molar-refractivity contribution in [3.05, 3.63) is 11.9 Å². The van der Waals surface area contributed by atoms with E-state index in [1.807, 2.05) is 6.92 Å². The van der Waals surface area contributed by atoms with Gasteiger partial charge in [-0.2, -0.15) is 0 Å². The van der Waals surface area contributed by atoms with Crippen LogP contribution in [0.2, 0.25) is 0 Å². The summed E-state index contributed by atoms with van der Waals surface area (Å²) in [5.41, 5.74) is 0.232. The van der Waals surface area contributed by atoms with Crippen LogP contribution in [0.1, 0.15) is 44.1 Å². The van der Waals surface area contributed by atoms with E-state index in [1.165, 1.54) is 10.9 Å². The number of hydrogen-bond acceptors (Lipinski definition) is 4. The van der Waals surface area contributed by atoms with Crippen LogP contribution in [-0.4, -0.2) is 33.2 Å². The lowest BCUT2D eigenvalue weighted by atomic mass is 10.0. The van der Waals surface area contributed by atoms with Crippen LogP contribution in [0.25, 0.3) is 0 Å². The molecule has 100 valence electrons. The molecule has 6 nitrogen and oxygen atoms in total. The maximum atomic E-state index is 11.7. The van der Waals surface area contributed by atoms with Crippen molar-refractivity contribution in [1.29, 1.82) is 0 Å². The molecule has 1 atom stereocenters. The maximum Gasteiger partial charge on any atom is 0.242 e. The molecular formula is C12H20N4O2. The normalized spacial score (nSPS) is 12.4. The summed E-state index contributed by atoms with van der Waals surface area (Å²) in [6.45, 7) is 6.39. The van der Waals surface area contributed by atoms with Crippen molar-refractivity contribution >= 4 is 12.2 Å². The third kappa shape index (κ3) is 5.07. The Hall–Kier alpha value is -1.72. The molecule has 0 aliphatic carbocycles. The monoisotopic (exact) mass is 252 g/mol. The van der Waals surface area contributed by atoms with Crippen molar-refractivity contribution in [3.63, 3.8) is 0 Å². The van der Waals surface area contributed by atoms with Gasteiger partial charge < -0.3 is 5.32 Å². The van der Waals surface area contributed by atoms with Crippen LogP contribution in [0.5, 0.6) is 0 Å². The quantitative estimate of drug-likeness (QED) is 0.735. The highest BCUT2D eigenvalue weighted by Crippen LogP contribution is 2.06. The second-order valence-corrected chi connectivity index (χ2v) is 4.90. The molecule has 0 spiro atoms. The molecule has 18 heavy (non-hydrogen) atoms. The van der Waals surface area contributed by atoms with Gasteiger partial charge in [-0.15, -0.1) is 5.10 Å². The van der Waals surface area contributed by atoms with E-state index in [1.54, 1.807) is 0 Å². The molecule has 0 bridgehead atoms. The Labute approximate surface area is 107 Å². The molecule has 1 aromatic rings. The summed E-state index contributed by atoms with van der Waals surface area (Å²) in [4.78, 5) is 22.1. The summed E-state index contributed by atoms with van der Waals surface area (Å²) in [7, 11) is 0.